The van der Waals surface area contributed by atoms with E-state index < -0.39 is 0 Å². The second kappa shape index (κ2) is 9.37. The topological polar surface area (TPSA) is 6.48 Å². The molecule has 2 heteroatoms. The number of hydrogen-bond donors (Lipinski definition) is 0. The number of para-hydroxylation sites is 4. The van der Waals surface area contributed by atoms with Crippen LogP contribution >= 0.6 is 0 Å². The summed E-state index contributed by atoms with van der Waals surface area (Å²) in [5.41, 5.74) is 27.2. The first-order valence-corrected chi connectivity index (χ1v) is 20.9. The Balaban J connectivity index is 1.17. The van der Waals surface area contributed by atoms with Gasteiger partial charge in [0.2, 0.25) is 0 Å². The Morgan fingerprint density at radius 3 is 0.607 bits per heavy atom. The van der Waals surface area contributed by atoms with Gasteiger partial charge in [0.25, 0.3) is 0 Å². The molecule has 6 aliphatic heterocycles. The maximum atomic E-state index is 2.69. The Morgan fingerprint density at radius 1 is 0.250 bits per heavy atom. The Bertz CT molecular complexity index is 2490. The maximum Gasteiger partial charge on any atom is 0.0544 e. The molecule has 12 rings (SSSR count). The summed E-state index contributed by atoms with van der Waals surface area (Å²) in [5.74, 6) is 0. The standard InChI is InChI=1S/C54H52N2/c1-49(2)31-17-13-21-35-43(31)55-44-32(49)18-14-22-36(44)52(7,8)40-26-29(25-39(47(40)55)51(35,5)6)30-27-41-48-42(28-30)54(11,12)38-24-16-20-34-46(38)56(48)45-33(50(34,3)4)19-15-23-37(45)53(41,9)10/h13-28H,1-12H3. The lowest BCUT2D eigenvalue weighted by Crippen LogP contribution is -2.43. The minimum atomic E-state index is -0.190. The molecule has 0 amide bonds. The summed E-state index contributed by atoms with van der Waals surface area (Å²) in [4.78, 5) is 5.38. The molecule has 0 saturated heterocycles. The van der Waals surface area contributed by atoms with E-state index in [9.17, 15) is 0 Å². The number of rotatable bonds is 1. The van der Waals surface area contributed by atoms with Gasteiger partial charge >= 0.3 is 0 Å². The zero-order valence-electron chi connectivity index (χ0n) is 35.1. The molecule has 278 valence electrons. The van der Waals surface area contributed by atoms with Gasteiger partial charge in [0.05, 0.1) is 34.1 Å². The highest BCUT2D eigenvalue weighted by Gasteiger charge is 2.54. The van der Waals surface area contributed by atoms with E-state index in [0.29, 0.717) is 0 Å². The molecule has 56 heavy (non-hydrogen) atoms. The monoisotopic (exact) mass is 728 g/mol. The van der Waals surface area contributed by atoms with Crippen LogP contribution in [0.3, 0.4) is 0 Å². The highest BCUT2D eigenvalue weighted by Crippen LogP contribution is 2.69. The number of hydrogen-bond acceptors (Lipinski definition) is 2. The summed E-state index contributed by atoms with van der Waals surface area (Å²) in [6.07, 6.45) is 0. The van der Waals surface area contributed by atoms with Crippen LogP contribution in [0.15, 0.2) is 97.1 Å². The van der Waals surface area contributed by atoms with Crippen LogP contribution in [0.2, 0.25) is 0 Å². The Labute approximate surface area is 333 Å². The van der Waals surface area contributed by atoms with Crippen molar-refractivity contribution in [2.45, 2.75) is 116 Å². The second-order valence-electron chi connectivity index (χ2n) is 21.1. The summed E-state index contributed by atoms with van der Waals surface area (Å²) < 4.78 is 0. The number of anilines is 6. The molecular weight excluding hydrogens is 677 g/mol. The highest BCUT2D eigenvalue weighted by molar-refractivity contribution is 6.01. The minimum Gasteiger partial charge on any atom is -0.309 e. The van der Waals surface area contributed by atoms with Gasteiger partial charge in [0, 0.05) is 32.5 Å². The SMILES string of the molecule is CC1(C)c2cccc3c2N2c4c1cccc4C(C)(C)c1cc(-c4cc5c6c(c4)C(C)(C)c4cccc7c4N6c4c(cccc4C5(C)C)C7(C)C)cc(c12)C3(C)C. The van der Waals surface area contributed by atoms with Gasteiger partial charge in [-0.15, -0.1) is 0 Å². The molecule has 2 nitrogen and oxygen atoms in total. The molecule has 0 radical (unpaired) electrons. The van der Waals surface area contributed by atoms with Crippen LogP contribution in [0.4, 0.5) is 34.1 Å². The maximum absolute atomic E-state index is 2.69. The van der Waals surface area contributed by atoms with Gasteiger partial charge < -0.3 is 9.80 Å². The Morgan fingerprint density at radius 2 is 0.411 bits per heavy atom. The van der Waals surface area contributed by atoms with Crippen LogP contribution in [0.5, 0.6) is 0 Å². The Kier molecular flexibility index (Phi) is 5.54. The average Bonchev–Trinajstić information content (AvgIpc) is 3.15. The summed E-state index contributed by atoms with van der Waals surface area (Å²) in [5, 5.41) is 0. The van der Waals surface area contributed by atoms with Gasteiger partial charge in [-0.1, -0.05) is 156 Å². The van der Waals surface area contributed by atoms with E-state index in [1.165, 1.54) is 112 Å². The van der Waals surface area contributed by atoms with Crippen molar-refractivity contribution in [1.82, 2.24) is 0 Å². The third-order valence-corrected chi connectivity index (χ3v) is 16.1. The summed E-state index contributed by atoms with van der Waals surface area (Å²) >= 11 is 0. The number of benzene rings is 6. The molecular formula is C54H52N2. The lowest BCUT2D eigenvalue weighted by molar-refractivity contribution is 0.565. The Hall–Kier alpha value is -5.08. The molecule has 0 aromatic heterocycles. The van der Waals surface area contributed by atoms with E-state index in [2.05, 4.69) is 190 Å². The van der Waals surface area contributed by atoms with Crippen LogP contribution in [0.25, 0.3) is 11.1 Å². The molecule has 6 aliphatic rings. The lowest BCUT2D eigenvalue weighted by Gasteiger charge is -2.55. The molecule has 0 aliphatic carbocycles. The van der Waals surface area contributed by atoms with Crippen molar-refractivity contribution >= 4 is 34.1 Å². The van der Waals surface area contributed by atoms with Crippen molar-refractivity contribution < 1.29 is 0 Å². The molecule has 0 fully saturated rings. The van der Waals surface area contributed by atoms with Gasteiger partial charge in [0.1, 0.15) is 0 Å². The van der Waals surface area contributed by atoms with Crippen LogP contribution in [0.1, 0.15) is 150 Å². The third-order valence-electron chi connectivity index (χ3n) is 16.1. The van der Waals surface area contributed by atoms with Crippen molar-refractivity contribution in [3.63, 3.8) is 0 Å². The average molecular weight is 729 g/mol. The first-order valence-electron chi connectivity index (χ1n) is 20.9. The van der Waals surface area contributed by atoms with Gasteiger partial charge in [-0.25, -0.2) is 0 Å². The zero-order chi connectivity index (χ0) is 39.0. The molecule has 0 N–H and O–H groups in total. The fourth-order valence-corrected chi connectivity index (χ4v) is 12.7. The first kappa shape index (κ1) is 33.1. The van der Waals surface area contributed by atoms with E-state index in [4.69, 9.17) is 0 Å². The molecule has 6 aromatic carbocycles. The van der Waals surface area contributed by atoms with E-state index in [1.54, 1.807) is 0 Å². The van der Waals surface area contributed by atoms with Crippen molar-refractivity contribution in [1.29, 1.82) is 0 Å². The smallest absolute Gasteiger partial charge is 0.0544 e. The third kappa shape index (κ3) is 3.36. The molecule has 6 heterocycles. The minimum absolute atomic E-state index is 0.0959. The normalized spacial score (nSPS) is 20.9. The molecule has 0 saturated carbocycles. The predicted molar refractivity (Wildman–Crippen MR) is 234 cm³/mol. The van der Waals surface area contributed by atoms with Gasteiger partial charge in [-0.3, -0.25) is 0 Å². The fourth-order valence-electron chi connectivity index (χ4n) is 12.7. The molecule has 0 atom stereocenters. The molecule has 0 unspecified atom stereocenters. The molecule has 6 aromatic rings. The van der Waals surface area contributed by atoms with Crippen molar-refractivity contribution in [3.05, 3.63) is 164 Å². The van der Waals surface area contributed by atoms with Crippen LogP contribution in [0, 0.1) is 0 Å². The highest BCUT2D eigenvalue weighted by atomic mass is 15.2. The van der Waals surface area contributed by atoms with E-state index >= 15 is 0 Å². The zero-order valence-corrected chi connectivity index (χ0v) is 35.1. The first-order chi connectivity index (χ1) is 26.3. The summed E-state index contributed by atoms with van der Waals surface area (Å²) in [7, 11) is 0. The van der Waals surface area contributed by atoms with E-state index in [-0.39, 0.29) is 32.5 Å². The van der Waals surface area contributed by atoms with E-state index in [0.717, 1.165) is 0 Å². The van der Waals surface area contributed by atoms with Crippen LogP contribution in [-0.2, 0) is 32.5 Å². The lowest BCUT2D eigenvalue weighted by atomic mass is 9.60. The second-order valence-corrected chi connectivity index (χ2v) is 21.1. The van der Waals surface area contributed by atoms with Gasteiger partial charge in [-0.2, -0.15) is 0 Å². The van der Waals surface area contributed by atoms with E-state index in [1.807, 2.05) is 0 Å². The quantitative estimate of drug-likeness (QED) is 0.166. The number of nitrogens with zero attached hydrogens (tertiary/aromatic N) is 2. The summed E-state index contributed by atoms with van der Waals surface area (Å²) in [6, 6.07) is 38.7. The van der Waals surface area contributed by atoms with Gasteiger partial charge in [0.15, 0.2) is 0 Å². The summed E-state index contributed by atoms with van der Waals surface area (Å²) in [6.45, 7) is 29.5. The van der Waals surface area contributed by atoms with Crippen molar-refractivity contribution in [2.75, 3.05) is 9.80 Å². The fraction of sp³-hybridized carbons (Fsp3) is 0.333. The predicted octanol–water partition coefficient (Wildman–Crippen LogP) is 14.1. The van der Waals surface area contributed by atoms with Crippen molar-refractivity contribution in [2.24, 2.45) is 0 Å². The molecule has 0 bridgehead atoms. The van der Waals surface area contributed by atoms with Gasteiger partial charge in [-0.05, 0) is 102 Å². The van der Waals surface area contributed by atoms with Crippen LogP contribution in [-0.4, -0.2) is 0 Å². The largest absolute Gasteiger partial charge is 0.309 e. The van der Waals surface area contributed by atoms with Crippen molar-refractivity contribution in [3.8, 4) is 11.1 Å². The molecule has 0 spiro atoms. The van der Waals surface area contributed by atoms with Crippen LogP contribution < -0.4 is 9.80 Å².